The second kappa shape index (κ2) is 6.17. The summed E-state index contributed by atoms with van der Waals surface area (Å²) in [5.74, 6) is 1.15. The highest BCUT2D eigenvalue weighted by atomic mass is 79.9. The lowest BCUT2D eigenvalue weighted by molar-refractivity contribution is 0.123. The zero-order valence-corrected chi connectivity index (χ0v) is 15.1. The van der Waals surface area contributed by atoms with E-state index in [1.807, 2.05) is 0 Å². The molecule has 0 aliphatic heterocycles. The summed E-state index contributed by atoms with van der Waals surface area (Å²) in [6.07, 6.45) is 0.795. The number of hydrogen-bond acceptors (Lipinski definition) is 1. The topological polar surface area (TPSA) is 20.2 Å². The van der Waals surface area contributed by atoms with E-state index in [2.05, 4.69) is 77.6 Å². The largest absolute Gasteiger partial charge is 0.391 e. The molecule has 5 unspecified atom stereocenters. The first kappa shape index (κ1) is 14.9. The number of aliphatic hydroxyl groups excluding tert-OH is 1. The maximum Gasteiger partial charge on any atom is 0.0811 e. The lowest BCUT2D eigenvalue weighted by Crippen LogP contribution is -2.54. The maximum absolute atomic E-state index is 10.0. The molecule has 1 aliphatic carbocycles. The van der Waals surface area contributed by atoms with E-state index in [-0.39, 0.29) is 15.8 Å². The first-order valence-corrected chi connectivity index (χ1v) is 8.82. The van der Waals surface area contributed by atoms with Gasteiger partial charge in [-0.3, -0.25) is 0 Å². The highest BCUT2D eigenvalue weighted by Crippen LogP contribution is 2.45. The van der Waals surface area contributed by atoms with Gasteiger partial charge in [-0.25, -0.2) is 0 Å². The van der Waals surface area contributed by atoms with E-state index in [9.17, 15) is 5.11 Å². The Morgan fingerprint density at radius 1 is 1.00 bits per heavy atom. The molecule has 5 atom stereocenters. The van der Waals surface area contributed by atoms with E-state index < -0.39 is 0 Å². The highest BCUT2D eigenvalue weighted by Gasteiger charge is 2.47. The number of aliphatic hydroxyl groups is 1. The zero-order chi connectivity index (χ0) is 11.7. The predicted molar refractivity (Wildman–Crippen MR) is 79.8 cm³/mol. The molecule has 0 aromatic heterocycles. The van der Waals surface area contributed by atoms with Crippen LogP contribution in [0.15, 0.2) is 0 Å². The molecule has 0 heterocycles. The Morgan fingerprint density at radius 3 is 1.73 bits per heavy atom. The molecule has 1 nitrogen and oxygen atoms in total. The molecular weight excluding hydrogens is 456 g/mol. The van der Waals surface area contributed by atoms with Gasteiger partial charge in [0.15, 0.2) is 0 Å². The fourth-order valence-corrected chi connectivity index (χ4v) is 6.56. The minimum atomic E-state index is -0.362. The van der Waals surface area contributed by atoms with E-state index in [1.54, 1.807) is 0 Å². The van der Waals surface area contributed by atoms with E-state index in [0.717, 1.165) is 6.42 Å². The molecule has 0 spiro atoms. The van der Waals surface area contributed by atoms with Gasteiger partial charge in [-0.2, -0.15) is 0 Å². The molecule has 1 rings (SSSR count). The lowest BCUT2D eigenvalue weighted by atomic mass is 9.78. The van der Waals surface area contributed by atoms with Gasteiger partial charge in [0.1, 0.15) is 0 Å². The molecule has 0 aromatic rings. The van der Waals surface area contributed by atoms with Crippen molar-refractivity contribution in [2.45, 2.75) is 45.7 Å². The van der Waals surface area contributed by atoms with Crippen LogP contribution in [-0.2, 0) is 0 Å². The Balaban J connectivity index is 2.86. The summed E-state index contributed by atoms with van der Waals surface area (Å²) >= 11 is 14.6. The van der Waals surface area contributed by atoms with Crippen molar-refractivity contribution >= 4 is 63.7 Å². The normalized spacial score (nSPS) is 49.0. The summed E-state index contributed by atoms with van der Waals surface area (Å²) in [6, 6.07) is 0. The van der Waals surface area contributed by atoms with Gasteiger partial charge in [-0.05, 0) is 11.8 Å². The van der Waals surface area contributed by atoms with Crippen molar-refractivity contribution < 1.29 is 5.11 Å². The Bertz CT molecular complexity index is 198. The molecule has 90 valence electrons. The summed E-state index contributed by atoms with van der Waals surface area (Å²) in [5, 5.41) is 10.0. The molecule has 1 saturated carbocycles. The van der Waals surface area contributed by atoms with Crippen molar-refractivity contribution in [1.29, 1.82) is 0 Å². The molecule has 0 saturated heterocycles. The van der Waals surface area contributed by atoms with Gasteiger partial charge in [0.25, 0.3) is 0 Å². The summed E-state index contributed by atoms with van der Waals surface area (Å²) in [7, 11) is 0. The summed E-state index contributed by atoms with van der Waals surface area (Å²) in [6.45, 7) is 4.48. The van der Waals surface area contributed by atoms with E-state index in [4.69, 9.17) is 0 Å². The molecule has 0 aromatic carbocycles. The Hall–Kier alpha value is 1.88. The molecule has 0 bridgehead atoms. The van der Waals surface area contributed by atoms with Crippen molar-refractivity contribution in [3.63, 3.8) is 0 Å². The third-order valence-corrected chi connectivity index (χ3v) is 9.30. The average molecular weight is 472 g/mol. The van der Waals surface area contributed by atoms with Crippen molar-refractivity contribution in [2.75, 3.05) is 0 Å². The van der Waals surface area contributed by atoms with Crippen LogP contribution in [0.4, 0.5) is 0 Å². The second-order valence-corrected chi connectivity index (χ2v) is 8.46. The molecule has 1 fully saturated rings. The van der Waals surface area contributed by atoms with Crippen LogP contribution < -0.4 is 0 Å². The van der Waals surface area contributed by atoms with Crippen molar-refractivity contribution in [1.82, 2.24) is 0 Å². The van der Waals surface area contributed by atoms with Gasteiger partial charge < -0.3 is 5.11 Å². The minimum absolute atomic E-state index is 0.106. The Kier molecular flexibility index (Phi) is 6.14. The van der Waals surface area contributed by atoms with Crippen LogP contribution in [0.1, 0.15) is 20.3 Å². The monoisotopic (exact) mass is 468 g/mol. The van der Waals surface area contributed by atoms with Crippen molar-refractivity contribution in [3.8, 4) is 0 Å². The van der Waals surface area contributed by atoms with E-state index in [1.165, 1.54) is 0 Å². The molecule has 0 amide bonds. The Morgan fingerprint density at radius 2 is 1.40 bits per heavy atom. The fourth-order valence-electron chi connectivity index (χ4n) is 2.05. The molecule has 1 N–H and O–H groups in total. The predicted octanol–water partition coefficient (Wildman–Crippen LogP) is 4.08. The standard InChI is InChI=1S/C10H16Br4O/c1-3-4(2)5-6(11)8(13)10(15)9(14)7(5)12/h4-10,15H,3H2,1-2H3. The highest BCUT2D eigenvalue weighted by molar-refractivity contribution is 9.13. The SMILES string of the molecule is CCC(C)C1C(Br)C(Br)C(O)C(Br)C1Br. The minimum Gasteiger partial charge on any atom is -0.391 e. The smallest absolute Gasteiger partial charge is 0.0811 e. The van der Waals surface area contributed by atoms with Gasteiger partial charge in [-0.15, -0.1) is 0 Å². The van der Waals surface area contributed by atoms with E-state index >= 15 is 0 Å². The quantitative estimate of drug-likeness (QED) is 0.602. The third-order valence-electron chi connectivity index (χ3n) is 3.30. The Labute approximate surface area is 125 Å². The zero-order valence-electron chi connectivity index (χ0n) is 8.71. The number of hydrogen-bond donors (Lipinski definition) is 1. The van der Waals surface area contributed by atoms with Crippen LogP contribution in [0.2, 0.25) is 0 Å². The molecule has 5 heteroatoms. The summed E-state index contributed by atoms with van der Waals surface area (Å²) in [5.41, 5.74) is 0. The van der Waals surface area contributed by atoms with Crippen molar-refractivity contribution in [3.05, 3.63) is 0 Å². The van der Waals surface area contributed by atoms with E-state index in [0.29, 0.717) is 21.5 Å². The lowest BCUT2D eigenvalue weighted by Gasteiger charge is -2.44. The van der Waals surface area contributed by atoms with Crippen LogP contribution in [0.3, 0.4) is 0 Å². The molecule has 1 aliphatic rings. The third kappa shape index (κ3) is 3.01. The van der Waals surface area contributed by atoms with Gasteiger partial charge in [0.05, 0.1) is 15.8 Å². The van der Waals surface area contributed by atoms with Crippen LogP contribution in [0.25, 0.3) is 0 Å². The first-order chi connectivity index (χ1) is 6.91. The summed E-state index contributed by atoms with van der Waals surface area (Å²) < 4.78 is 0. The van der Waals surface area contributed by atoms with Gasteiger partial charge in [0, 0.05) is 9.65 Å². The number of rotatable bonds is 2. The van der Waals surface area contributed by atoms with Gasteiger partial charge in [-0.1, -0.05) is 84.0 Å². The van der Waals surface area contributed by atoms with Crippen molar-refractivity contribution in [2.24, 2.45) is 11.8 Å². The summed E-state index contributed by atoms with van der Waals surface area (Å²) in [4.78, 5) is 0.825. The number of halogens is 4. The van der Waals surface area contributed by atoms with Crippen LogP contribution >= 0.6 is 63.7 Å². The van der Waals surface area contributed by atoms with Gasteiger partial charge >= 0.3 is 0 Å². The fraction of sp³-hybridized carbons (Fsp3) is 1.00. The van der Waals surface area contributed by atoms with Crippen LogP contribution in [-0.4, -0.2) is 30.5 Å². The molecule has 15 heavy (non-hydrogen) atoms. The maximum atomic E-state index is 10.0. The number of alkyl halides is 4. The molecule has 0 radical (unpaired) electrons. The first-order valence-electron chi connectivity index (χ1n) is 5.16. The van der Waals surface area contributed by atoms with Crippen LogP contribution in [0.5, 0.6) is 0 Å². The second-order valence-electron chi connectivity index (χ2n) is 4.23. The average Bonchev–Trinajstić information content (AvgIpc) is 2.23. The van der Waals surface area contributed by atoms with Gasteiger partial charge in [0.2, 0.25) is 0 Å². The molecular formula is C10H16Br4O. The van der Waals surface area contributed by atoms with Crippen LogP contribution in [0, 0.1) is 11.8 Å².